The second-order valence-electron chi connectivity index (χ2n) is 5.29. The lowest BCUT2D eigenvalue weighted by molar-refractivity contribution is -0.120. The highest BCUT2D eigenvalue weighted by atomic mass is 16.3. The summed E-state index contributed by atoms with van der Waals surface area (Å²) in [5.74, 6) is 0.0541. The third-order valence-corrected chi connectivity index (χ3v) is 3.71. The Morgan fingerprint density at radius 2 is 2.16 bits per heavy atom. The van der Waals surface area contributed by atoms with Crippen molar-refractivity contribution in [3.63, 3.8) is 0 Å². The van der Waals surface area contributed by atoms with E-state index in [0.717, 1.165) is 18.7 Å². The van der Waals surface area contributed by atoms with Gasteiger partial charge in [0.05, 0.1) is 11.6 Å². The molecule has 1 aromatic carbocycles. The molecule has 1 amide bonds. The zero-order chi connectivity index (χ0) is 13.9. The molecular weight excluding hydrogens is 240 g/mol. The number of amides is 1. The molecule has 0 bridgehead atoms. The molecule has 1 saturated heterocycles. The molecule has 1 aromatic rings. The van der Waals surface area contributed by atoms with E-state index >= 15 is 0 Å². The first kappa shape index (κ1) is 14.0. The zero-order valence-electron chi connectivity index (χ0n) is 11.6. The van der Waals surface area contributed by atoms with Crippen molar-refractivity contribution in [1.82, 2.24) is 5.32 Å². The number of carbonyl (C=O) groups is 1. The summed E-state index contributed by atoms with van der Waals surface area (Å²) >= 11 is 0. The van der Waals surface area contributed by atoms with Crippen molar-refractivity contribution in [2.75, 3.05) is 18.0 Å². The average molecular weight is 262 g/mol. The minimum absolute atomic E-state index is 0.0541. The van der Waals surface area contributed by atoms with Crippen LogP contribution in [0.4, 0.5) is 5.69 Å². The number of carbonyl (C=O) groups excluding carboxylic acids is 1. The maximum absolute atomic E-state index is 12.3. The number of nitrogens with one attached hydrogen (secondary N) is 1. The quantitative estimate of drug-likeness (QED) is 0.869. The molecule has 1 heterocycles. The number of piperidine rings is 1. The molecule has 19 heavy (non-hydrogen) atoms. The number of rotatable bonds is 3. The fourth-order valence-electron chi connectivity index (χ4n) is 2.67. The van der Waals surface area contributed by atoms with Gasteiger partial charge >= 0.3 is 0 Å². The van der Waals surface area contributed by atoms with Crippen molar-refractivity contribution < 1.29 is 9.90 Å². The van der Waals surface area contributed by atoms with Gasteiger partial charge in [-0.3, -0.25) is 4.79 Å². The van der Waals surface area contributed by atoms with Crippen LogP contribution in [0.15, 0.2) is 30.3 Å². The number of hydrogen-bond donors (Lipinski definition) is 2. The van der Waals surface area contributed by atoms with Gasteiger partial charge < -0.3 is 15.3 Å². The first-order chi connectivity index (χ1) is 9.06. The molecule has 0 unspecified atom stereocenters. The molecule has 2 N–H and O–H groups in total. The fourth-order valence-corrected chi connectivity index (χ4v) is 2.67. The van der Waals surface area contributed by atoms with Crippen LogP contribution in [-0.4, -0.2) is 35.7 Å². The summed E-state index contributed by atoms with van der Waals surface area (Å²) < 4.78 is 0. The summed E-state index contributed by atoms with van der Waals surface area (Å²) in [6.45, 7) is 4.98. The Morgan fingerprint density at radius 1 is 1.47 bits per heavy atom. The van der Waals surface area contributed by atoms with Gasteiger partial charge in [0, 0.05) is 18.7 Å². The maximum Gasteiger partial charge on any atom is 0.227 e. The van der Waals surface area contributed by atoms with Crippen molar-refractivity contribution in [2.24, 2.45) is 0 Å². The Balaban J connectivity index is 2.35. The van der Waals surface area contributed by atoms with Crippen LogP contribution in [0.5, 0.6) is 0 Å². The van der Waals surface area contributed by atoms with Gasteiger partial charge in [0.25, 0.3) is 0 Å². The standard InChI is InChI=1S/C15H22N2O2/c1-3-14(18)17(12-7-5-4-6-8-12)13-9-10-16-11-15(13,2)19/h4-8,13,16,19H,3,9-11H2,1-2H3/t13-,15-/m1/s1. The Kier molecular flexibility index (Phi) is 4.22. The summed E-state index contributed by atoms with van der Waals surface area (Å²) in [4.78, 5) is 14.1. The van der Waals surface area contributed by atoms with E-state index in [0.29, 0.717) is 13.0 Å². The van der Waals surface area contributed by atoms with E-state index < -0.39 is 5.60 Å². The van der Waals surface area contributed by atoms with Crippen molar-refractivity contribution in [3.8, 4) is 0 Å². The highest BCUT2D eigenvalue weighted by Crippen LogP contribution is 2.28. The van der Waals surface area contributed by atoms with E-state index in [1.807, 2.05) is 37.3 Å². The van der Waals surface area contributed by atoms with Crippen LogP contribution in [0.2, 0.25) is 0 Å². The molecule has 1 aliphatic heterocycles. The molecular formula is C15H22N2O2. The van der Waals surface area contributed by atoms with E-state index in [1.165, 1.54) is 0 Å². The SMILES string of the molecule is CCC(=O)N(c1ccccc1)[C@@H]1CCNC[C@@]1(C)O. The first-order valence-corrected chi connectivity index (χ1v) is 6.86. The van der Waals surface area contributed by atoms with Gasteiger partial charge in [0.2, 0.25) is 5.91 Å². The molecule has 2 rings (SSSR count). The molecule has 104 valence electrons. The lowest BCUT2D eigenvalue weighted by Crippen LogP contribution is -2.61. The normalized spacial score (nSPS) is 27.0. The number of nitrogens with zero attached hydrogens (tertiary/aromatic N) is 1. The summed E-state index contributed by atoms with van der Waals surface area (Å²) in [6, 6.07) is 9.43. The second kappa shape index (κ2) is 5.72. The second-order valence-corrected chi connectivity index (χ2v) is 5.29. The Hall–Kier alpha value is -1.39. The first-order valence-electron chi connectivity index (χ1n) is 6.86. The van der Waals surface area contributed by atoms with Gasteiger partial charge in [-0.15, -0.1) is 0 Å². The lowest BCUT2D eigenvalue weighted by Gasteiger charge is -2.44. The van der Waals surface area contributed by atoms with Gasteiger partial charge in [0.1, 0.15) is 0 Å². The van der Waals surface area contributed by atoms with Crippen molar-refractivity contribution in [1.29, 1.82) is 0 Å². The van der Waals surface area contributed by atoms with E-state index in [-0.39, 0.29) is 11.9 Å². The molecule has 1 fully saturated rings. The van der Waals surface area contributed by atoms with Crippen LogP contribution < -0.4 is 10.2 Å². The summed E-state index contributed by atoms with van der Waals surface area (Å²) in [5, 5.41) is 13.7. The summed E-state index contributed by atoms with van der Waals surface area (Å²) in [6.07, 6.45) is 1.20. The van der Waals surface area contributed by atoms with Crippen LogP contribution >= 0.6 is 0 Å². The number of aliphatic hydroxyl groups is 1. The summed E-state index contributed by atoms with van der Waals surface area (Å²) in [5.41, 5.74) is -0.0413. The van der Waals surface area contributed by atoms with Gasteiger partial charge in [0.15, 0.2) is 0 Å². The monoisotopic (exact) mass is 262 g/mol. The Bertz CT molecular complexity index is 431. The smallest absolute Gasteiger partial charge is 0.227 e. The van der Waals surface area contributed by atoms with Crippen molar-refractivity contribution in [2.45, 2.75) is 38.3 Å². The maximum atomic E-state index is 12.3. The van der Waals surface area contributed by atoms with Gasteiger partial charge in [-0.05, 0) is 32.0 Å². The van der Waals surface area contributed by atoms with Crippen LogP contribution in [0.25, 0.3) is 0 Å². The highest BCUT2D eigenvalue weighted by Gasteiger charge is 2.40. The fraction of sp³-hybridized carbons (Fsp3) is 0.533. The summed E-state index contributed by atoms with van der Waals surface area (Å²) in [7, 11) is 0. The van der Waals surface area contributed by atoms with Gasteiger partial charge in [-0.1, -0.05) is 25.1 Å². The van der Waals surface area contributed by atoms with E-state index in [9.17, 15) is 9.90 Å². The molecule has 4 heteroatoms. The van der Waals surface area contributed by atoms with Gasteiger partial charge in [-0.25, -0.2) is 0 Å². The molecule has 0 saturated carbocycles. The lowest BCUT2D eigenvalue weighted by atomic mass is 9.88. The van der Waals surface area contributed by atoms with Crippen LogP contribution in [0.3, 0.4) is 0 Å². The van der Waals surface area contributed by atoms with Crippen LogP contribution in [0.1, 0.15) is 26.7 Å². The predicted molar refractivity (Wildman–Crippen MR) is 76.1 cm³/mol. The molecule has 0 radical (unpaired) electrons. The molecule has 1 aliphatic rings. The number of β-amino-alcohol motifs (C(OH)–C–C–N with tert-alkyl or cyclic N) is 1. The third-order valence-electron chi connectivity index (χ3n) is 3.71. The van der Waals surface area contributed by atoms with Crippen LogP contribution in [0, 0.1) is 0 Å². The number of para-hydroxylation sites is 1. The van der Waals surface area contributed by atoms with E-state index in [2.05, 4.69) is 5.32 Å². The minimum atomic E-state index is -0.904. The highest BCUT2D eigenvalue weighted by molar-refractivity contribution is 5.94. The Labute approximate surface area is 114 Å². The third kappa shape index (κ3) is 2.96. The Morgan fingerprint density at radius 3 is 2.74 bits per heavy atom. The minimum Gasteiger partial charge on any atom is -0.387 e. The number of benzene rings is 1. The molecule has 0 spiro atoms. The van der Waals surface area contributed by atoms with Crippen LogP contribution in [-0.2, 0) is 4.79 Å². The van der Waals surface area contributed by atoms with Gasteiger partial charge in [-0.2, -0.15) is 0 Å². The molecule has 0 aliphatic carbocycles. The van der Waals surface area contributed by atoms with E-state index in [4.69, 9.17) is 0 Å². The zero-order valence-corrected chi connectivity index (χ0v) is 11.6. The van der Waals surface area contributed by atoms with Crippen molar-refractivity contribution in [3.05, 3.63) is 30.3 Å². The van der Waals surface area contributed by atoms with E-state index in [1.54, 1.807) is 11.8 Å². The average Bonchev–Trinajstić information content (AvgIpc) is 2.41. The predicted octanol–water partition coefficient (Wildman–Crippen LogP) is 1.54. The topological polar surface area (TPSA) is 52.6 Å². The molecule has 0 aromatic heterocycles. The molecule has 2 atom stereocenters. The number of hydrogen-bond acceptors (Lipinski definition) is 3. The number of anilines is 1. The molecule has 4 nitrogen and oxygen atoms in total. The largest absolute Gasteiger partial charge is 0.387 e. The van der Waals surface area contributed by atoms with Crippen molar-refractivity contribution >= 4 is 11.6 Å².